The van der Waals surface area contributed by atoms with E-state index in [-0.39, 0.29) is 22.1 Å². The van der Waals surface area contributed by atoms with Crippen LogP contribution in [0.3, 0.4) is 0 Å². The Labute approximate surface area is 377 Å². The first-order chi connectivity index (χ1) is 29.2. The molecule has 2 aromatic heterocycles. The molecule has 0 amide bonds. The first-order valence-electron chi connectivity index (χ1n) is 18.7. The van der Waals surface area contributed by atoms with Crippen molar-refractivity contribution in [3.63, 3.8) is 0 Å². The zero-order valence-corrected chi connectivity index (χ0v) is 39.0. The maximum Gasteiger partial charge on any atom is 0.223 e. The molecule has 13 heteroatoms. The predicted molar refractivity (Wildman–Crippen MR) is 267 cm³/mol. The summed E-state index contributed by atoms with van der Waals surface area (Å²) in [7, 11) is 5.63. The zero-order valence-electron chi connectivity index (χ0n) is 34.1. The molecule has 0 atom stereocenters. The van der Waals surface area contributed by atoms with Gasteiger partial charge in [-0.1, -0.05) is 132 Å². The Bertz CT molecular complexity index is 3090. The van der Waals surface area contributed by atoms with Crippen LogP contribution in [0.5, 0.6) is 0 Å². The number of H-pyrrole nitrogens is 1. The minimum atomic E-state index is -0.722. The molecule has 0 fully saturated rings. The monoisotopic (exact) mass is 910 g/mol. The average Bonchev–Trinajstić information content (AvgIpc) is 3.81. The van der Waals surface area contributed by atoms with Gasteiger partial charge in [0.25, 0.3) is 0 Å². The van der Waals surface area contributed by atoms with Crippen LogP contribution in [-0.2, 0) is 68.7 Å². The summed E-state index contributed by atoms with van der Waals surface area (Å²) < 4.78 is 15.5. The first-order valence-corrected chi connectivity index (χ1v) is 25.3. The molecule has 8 aromatic rings. The van der Waals surface area contributed by atoms with Crippen LogP contribution < -0.4 is 0 Å². The quantitative estimate of drug-likeness (QED) is 0.166. The van der Waals surface area contributed by atoms with E-state index in [4.69, 9.17) is 18.4 Å². The number of nitrogens with zero attached hydrogens (tertiary/aromatic N) is 5. The van der Waals surface area contributed by atoms with Gasteiger partial charge in [0.15, 0.2) is 0 Å². The smallest absolute Gasteiger partial charge is 0.223 e. The SMILES string of the molecule is S=S=S=S=S=S.[C-]#[N+]c1cc(C(C)(C)C)cc(C#N)c1-n1c2ccccc2c2ccccc21.[C-]#[N+]c1cc(C(C)(C)C)cc(C#N)c1F.c1ccc2c(c1)[nH]c1ccccc12. The number of hydrogen-bond donors (Lipinski definition) is 1. The van der Waals surface area contributed by atoms with Gasteiger partial charge in [-0.3, -0.25) is 0 Å². The molecule has 0 bridgehead atoms. The summed E-state index contributed by atoms with van der Waals surface area (Å²) in [5.74, 6) is -0.722. The van der Waals surface area contributed by atoms with Crippen LogP contribution in [0, 0.1) is 41.6 Å². The maximum atomic E-state index is 13.4. The highest BCUT2D eigenvalue weighted by Gasteiger charge is 2.23. The van der Waals surface area contributed by atoms with E-state index < -0.39 is 5.82 Å². The highest BCUT2D eigenvalue weighted by Crippen LogP contribution is 2.39. The van der Waals surface area contributed by atoms with Gasteiger partial charge in [0.2, 0.25) is 11.4 Å². The molecule has 6 nitrogen and oxygen atoms in total. The lowest BCUT2D eigenvalue weighted by molar-refractivity contribution is 0.583. The summed E-state index contributed by atoms with van der Waals surface area (Å²) in [6.45, 7) is 26.8. The van der Waals surface area contributed by atoms with E-state index in [1.54, 1.807) is 6.07 Å². The molecule has 0 unspecified atom stereocenters. The van der Waals surface area contributed by atoms with Crippen molar-refractivity contribution >= 4 is 113 Å². The van der Waals surface area contributed by atoms with Crippen molar-refractivity contribution < 1.29 is 4.39 Å². The fraction of sp³-hybridized carbons (Fsp3) is 0.167. The largest absolute Gasteiger partial charge is 0.355 e. The van der Waals surface area contributed by atoms with Crippen molar-refractivity contribution in [2.45, 2.75) is 52.4 Å². The molecule has 6 aromatic carbocycles. The molecular weight excluding hydrogens is 872 g/mol. The third kappa shape index (κ3) is 10.7. The number of halogens is 1. The fourth-order valence-corrected chi connectivity index (χ4v) is 12.1. The summed E-state index contributed by atoms with van der Waals surface area (Å²) >= 11 is 9.03. The normalized spacial score (nSPS) is 10.6. The number of fused-ring (bicyclic) bond motifs is 6. The predicted octanol–water partition coefficient (Wildman–Crippen LogP) is 13.4. The van der Waals surface area contributed by atoms with Gasteiger partial charge in [0, 0.05) is 90.5 Å². The molecule has 0 aliphatic heterocycles. The molecule has 304 valence electrons. The van der Waals surface area contributed by atoms with Crippen molar-refractivity contribution in [2.75, 3.05) is 0 Å². The van der Waals surface area contributed by atoms with Crippen molar-refractivity contribution in [3.05, 3.63) is 172 Å². The molecule has 61 heavy (non-hydrogen) atoms. The number of hydrogen-bond acceptors (Lipinski definition) is 4. The molecule has 0 saturated carbocycles. The summed E-state index contributed by atoms with van der Waals surface area (Å²) in [5.41, 5.74) is 7.44. The van der Waals surface area contributed by atoms with Gasteiger partial charge in [-0.15, -0.1) is 0 Å². The highest BCUT2D eigenvalue weighted by atomic mass is 33.3. The lowest BCUT2D eigenvalue weighted by atomic mass is 9.85. The van der Waals surface area contributed by atoms with Crippen LogP contribution in [-0.4, -0.2) is 9.55 Å². The summed E-state index contributed by atoms with van der Waals surface area (Å²) in [6, 6.07) is 44.0. The van der Waals surface area contributed by atoms with Gasteiger partial charge in [-0.2, -0.15) is 10.5 Å². The highest BCUT2D eigenvalue weighted by molar-refractivity contribution is 8.64. The lowest BCUT2D eigenvalue weighted by Gasteiger charge is -2.22. The Hall–Kier alpha value is -5.87. The van der Waals surface area contributed by atoms with E-state index >= 15 is 0 Å². The number of benzene rings is 6. The van der Waals surface area contributed by atoms with E-state index in [0.717, 1.165) is 32.9 Å². The number of nitriles is 2. The van der Waals surface area contributed by atoms with Crippen molar-refractivity contribution in [2.24, 2.45) is 0 Å². The van der Waals surface area contributed by atoms with E-state index in [1.807, 2.05) is 69.3 Å². The average molecular weight is 911 g/mol. The van der Waals surface area contributed by atoms with Crippen molar-refractivity contribution in [3.8, 4) is 17.8 Å². The number of rotatable bonds is 1. The fourth-order valence-electron chi connectivity index (χ4n) is 6.65. The Morgan fingerprint density at radius 2 is 0.984 bits per heavy atom. The summed E-state index contributed by atoms with van der Waals surface area (Å²) in [5, 5.41) is 23.5. The van der Waals surface area contributed by atoms with Gasteiger partial charge in [0.05, 0.1) is 47.1 Å². The Balaban J connectivity index is 0.000000175. The van der Waals surface area contributed by atoms with Gasteiger partial charge >= 0.3 is 0 Å². The van der Waals surface area contributed by atoms with Crippen LogP contribution in [0.25, 0.3) is 59.0 Å². The van der Waals surface area contributed by atoms with Crippen LogP contribution in [0.2, 0.25) is 0 Å². The molecule has 0 aliphatic rings. The summed E-state index contributed by atoms with van der Waals surface area (Å²) in [6.07, 6.45) is 0. The number of para-hydroxylation sites is 4. The zero-order chi connectivity index (χ0) is 44.3. The van der Waals surface area contributed by atoms with E-state index in [0.29, 0.717) is 16.9 Å². The minimum absolute atomic E-state index is 0.0616. The Morgan fingerprint density at radius 1 is 0.590 bits per heavy atom. The molecule has 0 spiro atoms. The maximum absolute atomic E-state index is 13.4. The number of aromatic nitrogens is 2. The second-order valence-electron chi connectivity index (χ2n) is 15.6. The number of nitrogens with one attached hydrogen (secondary N) is 1. The van der Waals surface area contributed by atoms with E-state index in [1.165, 1.54) is 69.5 Å². The molecular formula is C48H39FN6S6. The molecule has 0 saturated heterocycles. The first kappa shape index (κ1) is 46.2. The molecule has 8 rings (SSSR count). The van der Waals surface area contributed by atoms with E-state index in [9.17, 15) is 9.65 Å². The molecule has 0 radical (unpaired) electrons. The van der Waals surface area contributed by atoms with Gasteiger partial charge in [0.1, 0.15) is 11.9 Å². The van der Waals surface area contributed by atoms with E-state index in [2.05, 4.69) is 129 Å². The summed E-state index contributed by atoms with van der Waals surface area (Å²) in [4.78, 5) is 10.3. The van der Waals surface area contributed by atoms with Crippen LogP contribution in [0.15, 0.2) is 121 Å². The minimum Gasteiger partial charge on any atom is -0.355 e. The van der Waals surface area contributed by atoms with Crippen molar-refractivity contribution in [1.82, 2.24) is 9.55 Å². The lowest BCUT2D eigenvalue weighted by Crippen LogP contribution is -2.12. The second-order valence-corrected chi connectivity index (χ2v) is 22.6. The molecule has 0 aliphatic carbocycles. The van der Waals surface area contributed by atoms with Gasteiger partial charge in [-0.25, -0.2) is 14.1 Å². The third-order valence-corrected chi connectivity index (χ3v) is 16.3. The Kier molecular flexibility index (Phi) is 15.6. The van der Waals surface area contributed by atoms with Crippen molar-refractivity contribution in [1.29, 1.82) is 10.5 Å². The molecule has 1 N–H and O–H groups in total. The molecule has 2 heterocycles. The third-order valence-electron chi connectivity index (χ3n) is 9.66. The van der Waals surface area contributed by atoms with Crippen LogP contribution in [0.1, 0.15) is 63.8 Å². The second kappa shape index (κ2) is 20.6. The van der Waals surface area contributed by atoms with Gasteiger partial charge < -0.3 is 9.55 Å². The topological polar surface area (TPSA) is 77.0 Å². The number of aromatic amines is 1. The van der Waals surface area contributed by atoms with Gasteiger partial charge in [-0.05, 0) is 53.3 Å². The van der Waals surface area contributed by atoms with Crippen LogP contribution >= 0.6 is 0 Å². The standard InChI is InChI=1S/C24H19N3.C12H11FN2.C12H9N.S6/c1-24(2,3)17-13-16(15-25)23(20(14-17)26-4)27-21-11-7-5-9-18(21)19-10-6-8-12-22(19)27;1-12(2,3)9-5-8(7-14)11(13)10(6-9)15-4;1-3-7-11-9(5-1)10-6-2-4-8-12(10)13-11;1-3-5-6-4-2/h5-14H,1-3H3;5-6H,1-3H3;1-8,13H;. The van der Waals surface area contributed by atoms with Crippen LogP contribution in [0.4, 0.5) is 15.8 Å². The Morgan fingerprint density at radius 3 is 1.39 bits per heavy atom.